The molecule has 1 aromatic rings. The molecule has 0 aliphatic carbocycles. The van der Waals surface area contributed by atoms with Gasteiger partial charge in [-0.05, 0) is 12.1 Å². The summed E-state index contributed by atoms with van der Waals surface area (Å²) in [4.78, 5) is 24.1. The van der Waals surface area contributed by atoms with E-state index in [-0.39, 0.29) is 21.3 Å². The molecule has 0 spiro atoms. The molecule has 0 saturated carbocycles. The van der Waals surface area contributed by atoms with E-state index in [9.17, 15) is 9.59 Å². The molecular formula is C12H14Cl2N2O4. The van der Waals surface area contributed by atoms with Crippen LogP contribution in [0, 0.1) is 0 Å². The number of hydrogen-bond acceptors (Lipinski definition) is 3. The first kappa shape index (κ1) is 16.6. The van der Waals surface area contributed by atoms with Crippen molar-refractivity contribution in [3.05, 3.63) is 27.7 Å². The lowest BCUT2D eigenvalue weighted by molar-refractivity contribution is 0.0697. The lowest BCUT2D eigenvalue weighted by Gasteiger charge is -2.18. The van der Waals surface area contributed by atoms with E-state index in [2.05, 4.69) is 5.32 Å². The Morgan fingerprint density at radius 1 is 1.35 bits per heavy atom. The first-order chi connectivity index (χ1) is 9.36. The number of anilines is 1. The van der Waals surface area contributed by atoms with Gasteiger partial charge < -0.3 is 20.1 Å². The van der Waals surface area contributed by atoms with Crippen molar-refractivity contribution in [3.8, 4) is 0 Å². The number of urea groups is 1. The van der Waals surface area contributed by atoms with Gasteiger partial charge >= 0.3 is 12.0 Å². The fourth-order valence-corrected chi connectivity index (χ4v) is 1.93. The third kappa shape index (κ3) is 4.26. The van der Waals surface area contributed by atoms with Crippen molar-refractivity contribution in [1.82, 2.24) is 4.90 Å². The van der Waals surface area contributed by atoms with E-state index < -0.39 is 12.0 Å². The maximum Gasteiger partial charge on any atom is 0.335 e. The van der Waals surface area contributed by atoms with Crippen molar-refractivity contribution in [2.45, 2.75) is 0 Å². The minimum Gasteiger partial charge on any atom is -0.478 e. The van der Waals surface area contributed by atoms with Crippen LogP contribution in [0.1, 0.15) is 10.4 Å². The summed E-state index contributed by atoms with van der Waals surface area (Å²) in [6.07, 6.45) is 0. The molecule has 0 aromatic heterocycles. The van der Waals surface area contributed by atoms with Crippen LogP contribution in [0.4, 0.5) is 10.5 Å². The second kappa shape index (κ2) is 7.33. The van der Waals surface area contributed by atoms with E-state index in [0.717, 1.165) is 0 Å². The molecule has 1 aromatic carbocycles. The standard InChI is InChI=1S/C12H14Cl2N2O4/c1-16(3-4-20-2)12(19)15-10-8(13)5-7(11(17)18)6-9(10)14/h5-6H,3-4H2,1-2H3,(H,15,19)(H,17,18). The van der Waals surface area contributed by atoms with Gasteiger partial charge in [-0.2, -0.15) is 0 Å². The monoisotopic (exact) mass is 320 g/mol. The Kier molecular flexibility index (Phi) is 6.06. The number of aromatic carboxylic acids is 1. The second-order valence-electron chi connectivity index (χ2n) is 3.96. The van der Waals surface area contributed by atoms with Gasteiger partial charge in [-0.15, -0.1) is 0 Å². The molecule has 0 atom stereocenters. The Balaban J connectivity index is 2.87. The maximum absolute atomic E-state index is 11.9. The highest BCUT2D eigenvalue weighted by Crippen LogP contribution is 2.32. The summed E-state index contributed by atoms with van der Waals surface area (Å²) in [6.45, 7) is 0.786. The smallest absolute Gasteiger partial charge is 0.335 e. The number of amides is 2. The number of carboxylic acids is 1. The number of nitrogens with zero attached hydrogens (tertiary/aromatic N) is 1. The van der Waals surface area contributed by atoms with E-state index in [1.807, 2.05) is 0 Å². The van der Waals surface area contributed by atoms with Crippen molar-refractivity contribution in [2.24, 2.45) is 0 Å². The summed E-state index contributed by atoms with van der Waals surface area (Å²) in [7, 11) is 3.12. The van der Waals surface area contributed by atoms with Crippen LogP contribution >= 0.6 is 23.2 Å². The molecule has 8 heteroatoms. The molecule has 2 N–H and O–H groups in total. The van der Waals surface area contributed by atoms with Crippen molar-refractivity contribution < 1.29 is 19.4 Å². The van der Waals surface area contributed by atoms with Crippen molar-refractivity contribution in [1.29, 1.82) is 0 Å². The van der Waals surface area contributed by atoms with Crippen LogP contribution in [-0.2, 0) is 4.74 Å². The van der Waals surface area contributed by atoms with Crippen LogP contribution in [0.3, 0.4) is 0 Å². The number of ether oxygens (including phenoxy) is 1. The average Bonchev–Trinajstić information content (AvgIpc) is 2.39. The Labute approximate surface area is 126 Å². The molecule has 6 nitrogen and oxygen atoms in total. The van der Waals surface area contributed by atoms with Crippen LogP contribution in [0.5, 0.6) is 0 Å². The van der Waals surface area contributed by atoms with Gasteiger partial charge in [-0.3, -0.25) is 0 Å². The molecule has 0 bridgehead atoms. The summed E-state index contributed by atoms with van der Waals surface area (Å²) < 4.78 is 4.86. The fraction of sp³-hybridized carbons (Fsp3) is 0.333. The number of carbonyl (C=O) groups is 2. The molecule has 0 saturated heterocycles. The Morgan fingerprint density at radius 2 is 1.90 bits per heavy atom. The Hall–Kier alpha value is -1.50. The molecule has 0 heterocycles. The van der Waals surface area contributed by atoms with E-state index in [4.69, 9.17) is 33.0 Å². The van der Waals surface area contributed by atoms with Gasteiger partial charge in [0.05, 0.1) is 27.9 Å². The molecular weight excluding hydrogens is 307 g/mol. The average molecular weight is 321 g/mol. The minimum absolute atomic E-state index is 0.0502. The Bertz CT molecular complexity index is 499. The number of carboxylic acid groups (broad SMARTS) is 1. The molecule has 0 unspecified atom stereocenters. The van der Waals surface area contributed by atoms with Gasteiger partial charge in [-0.25, -0.2) is 9.59 Å². The highest BCUT2D eigenvalue weighted by atomic mass is 35.5. The fourth-order valence-electron chi connectivity index (χ4n) is 1.35. The normalized spacial score (nSPS) is 10.2. The zero-order chi connectivity index (χ0) is 15.3. The lowest BCUT2D eigenvalue weighted by atomic mass is 10.2. The van der Waals surface area contributed by atoms with Gasteiger partial charge in [0.25, 0.3) is 0 Å². The highest BCUT2D eigenvalue weighted by Gasteiger charge is 2.16. The number of methoxy groups -OCH3 is 1. The van der Waals surface area contributed by atoms with E-state index in [0.29, 0.717) is 13.2 Å². The highest BCUT2D eigenvalue weighted by molar-refractivity contribution is 6.40. The van der Waals surface area contributed by atoms with Crippen LogP contribution in [0.2, 0.25) is 10.0 Å². The first-order valence-corrected chi connectivity index (χ1v) is 6.35. The molecule has 0 aliphatic heterocycles. The van der Waals surface area contributed by atoms with Gasteiger partial charge in [0, 0.05) is 20.7 Å². The minimum atomic E-state index is -1.15. The predicted octanol–water partition coefficient (Wildman–Crippen LogP) is 2.80. The van der Waals surface area contributed by atoms with E-state index >= 15 is 0 Å². The Morgan fingerprint density at radius 3 is 2.35 bits per heavy atom. The molecule has 0 radical (unpaired) electrons. The van der Waals surface area contributed by atoms with Crippen molar-refractivity contribution in [3.63, 3.8) is 0 Å². The maximum atomic E-state index is 11.9. The molecule has 20 heavy (non-hydrogen) atoms. The summed E-state index contributed by atoms with van der Waals surface area (Å²) >= 11 is 11.9. The largest absolute Gasteiger partial charge is 0.478 e. The van der Waals surface area contributed by atoms with Crippen molar-refractivity contribution >= 4 is 40.9 Å². The van der Waals surface area contributed by atoms with E-state index in [1.165, 1.54) is 24.1 Å². The third-order valence-electron chi connectivity index (χ3n) is 2.50. The van der Waals surface area contributed by atoms with Crippen LogP contribution in [0.25, 0.3) is 0 Å². The summed E-state index contributed by atoms with van der Waals surface area (Å²) in [5.74, 6) is -1.15. The molecule has 1 rings (SSSR count). The number of likely N-dealkylation sites (N-methyl/N-ethyl adjacent to an activating group) is 1. The zero-order valence-electron chi connectivity index (χ0n) is 10.9. The number of carbonyl (C=O) groups excluding carboxylic acids is 1. The summed E-state index contributed by atoms with van der Waals surface area (Å²) in [5.41, 5.74) is 0.123. The van der Waals surface area contributed by atoms with Gasteiger partial charge in [-0.1, -0.05) is 23.2 Å². The lowest BCUT2D eigenvalue weighted by Crippen LogP contribution is -2.34. The number of hydrogen-bond donors (Lipinski definition) is 2. The van der Waals surface area contributed by atoms with Crippen LogP contribution in [0.15, 0.2) is 12.1 Å². The van der Waals surface area contributed by atoms with Crippen LogP contribution in [-0.4, -0.2) is 49.3 Å². The molecule has 2 amide bonds. The topological polar surface area (TPSA) is 78.9 Å². The number of nitrogens with one attached hydrogen (secondary N) is 1. The summed E-state index contributed by atoms with van der Waals surface area (Å²) in [5, 5.41) is 11.5. The number of benzene rings is 1. The molecule has 0 fully saturated rings. The quantitative estimate of drug-likeness (QED) is 0.874. The first-order valence-electron chi connectivity index (χ1n) is 5.60. The zero-order valence-corrected chi connectivity index (χ0v) is 12.5. The molecule has 0 aliphatic rings. The predicted molar refractivity (Wildman–Crippen MR) is 76.9 cm³/mol. The van der Waals surface area contributed by atoms with Crippen molar-refractivity contribution in [2.75, 3.05) is 32.6 Å². The SMILES string of the molecule is COCCN(C)C(=O)Nc1c(Cl)cc(C(=O)O)cc1Cl. The summed E-state index contributed by atoms with van der Waals surface area (Å²) in [6, 6.07) is 2.02. The second-order valence-corrected chi connectivity index (χ2v) is 4.78. The number of rotatable bonds is 5. The molecule has 110 valence electrons. The van der Waals surface area contributed by atoms with E-state index in [1.54, 1.807) is 7.05 Å². The third-order valence-corrected chi connectivity index (χ3v) is 3.09. The van der Waals surface area contributed by atoms with Crippen LogP contribution < -0.4 is 5.32 Å². The van der Waals surface area contributed by atoms with Gasteiger partial charge in [0.2, 0.25) is 0 Å². The van der Waals surface area contributed by atoms with Gasteiger partial charge in [0.1, 0.15) is 0 Å². The number of halogens is 2. The van der Waals surface area contributed by atoms with Gasteiger partial charge in [0.15, 0.2) is 0 Å².